The summed E-state index contributed by atoms with van der Waals surface area (Å²) in [7, 11) is 0. The molecule has 6 aromatic carbocycles. The molecule has 0 saturated carbocycles. The van der Waals surface area contributed by atoms with Crippen LogP contribution in [0.3, 0.4) is 0 Å². The number of para-hydroxylation sites is 5. The van der Waals surface area contributed by atoms with E-state index in [0.717, 1.165) is 70.0 Å². The van der Waals surface area contributed by atoms with Crippen LogP contribution in [0.4, 0.5) is 22.7 Å². The van der Waals surface area contributed by atoms with Crippen LogP contribution >= 0.6 is 0 Å². The van der Waals surface area contributed by atoms with E-state index in [0.29, 0.717) is 46.0 Å². The van der Waals surface area contributed by atoms with Crippen LogP contribution in [-0.4, -0.2) is 0 Å². The normalized spacial score (nSPS) is 16.1. The topological polar surface area (TPSA) is 43.4 Å². The highest BCUT2D eigenvalue weighted by Gasteiger charge is 2.38. The van der Waals surface area contributed by atoms with Gasteiger partial charge in [-0.05, 0) is 126 Å². The van der Waals surface area contributed by atoms with Crippen molar-refractivity contribution in [3.05, 3.63) is 191 Å². The fraction of sp³-hybridized carbons (Fsp3) is 0.115. The molecular weight excluding hydrogens is 717 g/mol. The zero-order valence-corrected chi connectivity index (χ0v) is 32.4. The highest BCUT2D eigenvalue weighted by atomic mass is 16.6. The summed E-state index contributed by atoms with van der Waals surface area (Å²) in [6.45, 7) is 9.17. The van der Waals surface area contributed by atoms with Gasteiger partial charge in [0.05, 0.1) is 5.69 Å². The summed E-state index contributed by atoms with van der Waals surface area (Å²) in [4.78, 5) is 4.62. The zero-order valence-electron chi connectivity index (χ0n) is 32.4. The first-order chi connectivity index (χ1) is 28.4. The monoisotopic (exact) mass is 756 g/mol. The third-order valence-corrected chi connectivity index (χ3v) is 11.7. The molecule has 282 valence electrons. The Kier molecular flexibility index (Phi) is 7.76. The van der Waals surface area contributed by atoms with Gasteiger partial charge in [0, 0.05) is 39.4 Å². The van der Waals surface area contributed by atoms with Crippen LogP contribution in [0, 0.1) is 0 Å². The molecule has 0 atom stereocenters. The highest BCUT2D eigenvalue weighted by Crippen LogP contribution is 2.59. The first kappa shape index (κ1) is 34.1. The lowest BCUT2D eigenvalue weighted by Crippen LogP contribution is -2.24. The van der Waals surface area contributed by atoms with Gasteiger partial charge < -0.3 is 28.7 Å². The van der Waals surface area contributed by atoms with Gasteiger partial charge in [0.1, 0.15) is 0 Å². The van der Waals surface area contributed by atoms with Gasteiger partial charge in [-0.25, -0.2) is 0 Å². The van der Waals surface area contributed by atoms with Gasteiger partial charge in [-0.3, -0.25) is 0 Å². The number of allylic oxidation sites excluding steroid dienone is 6. The number of ether oxygens (including phenoxy) is 4. The fourth-order valence-electron chi connectivity index (χ4n) is 8.88. The summed E-state index contributed by atoms with van der Waals surface area (Å²) in [6, 6.07) is 39.5. The molecule has 0 radical (unpaired) electrons. The highest BCUT2D eigenvalue weighted by molar-refractivity contribution is 5.90. The number of rotatable bonds is 4. The predicted molar refractivity (Wildman–Crippen MR) is 233 cm³/mol. The number of hydrogen-bond donors (Lipinski definition) is 0. The summed E-state index contributed by atoms with van der Waals surface area (Å²) >= 11 is 0. The molecule has 58 heavy (non-hydrogen) atoms. The van der Waals surface area contributed by atoms with Crippen molar-refractivity contribution in [1.82, 2.24) is 0 Å². The average molecular weight is 757 g/mol. The second-order valence-electron chi connectivity index (χ2n) is 15.7. The van der Waals surface area contributed by atoms with Crippen LogP contribution in [0.2, 0.25) is 0 Å². The van der Waals surface area contributed by atoms with Gasteiger partial charge in [-0.2, -0.15) is 0 Å². The molecule has 0 bridgehead atoms. The van der Waals surface area contributed by atoms with Crippen LogP contribution in [-0.2, 0) is 11.8 Å². The van der Waals surface area contributed by atoms with Crippen LogP contribution < -0.4 is 28.7 Å². The van der Waals surface area contributed by atoms with Crippen LogP contribution in [0.1, 0.15) is 54.5 Å². The first-order valence-electron chi connectivity index (χ1n) is 19.9. The Morgan fingerprint density at radius 2 is 1.29 bits per heavy atom. The van der Waals surface area contributed by atoms with E-state index < -0.39 is 5.41 Å². The van der Waals surface area contributed by atoms with Gasteiger partial charge in [0.2, 0.25) is 0 Å². The van der Waals surface area contributed by atoms with E-state index in [1.165, 1.54) is 11.3 Å². The zero-order chi connectivity index (χ0) is 39.0. The molecule has 3 aliphatic heterocycles. The Labute approximate surface area is 338 Å². The van der Waals surface area contributed by atoms with Gasteiger partial charge in [-0.1, -0.05) is 93.3 Å². The molecule has 3 heterocycles. The Balaban J connectivity index is 1.09. The quantitative estimate of drug-likeness (QED) is 0.178. The molecule has 2 aliphatic carbocycles. The second kappa shape index (κ2) is 13.2. The molecule has 6 heteroatoms. The van der Waals surface area contributed by atoms with Gasteiger partial charge in [-0.15, -0.1) is 0 Å². The van der Waals surface area contributed by atoms with Crippen molar-refractivity contribution in [2.24, 2.45) is 0 Å². The minimum atomic E-state index is -0.512. The Bertz CT molecular complexity index is 2830. The summed E-state index contributed by atoms with van der Waals surface area (Å²) in [6.07, 6.45) is 18.0. The Morgan fingerprint density at radius 1 is 0.603 bits per heavy atom. The lowest BCUT2D eigenvalue weighted by molar-refractivity contribution is 0.357. The first-order valence-corrected chi connectivity index (χ1v) is 19.9. The number of nitrogens with zero attached hydrogens (tertiary/aromatic N) is 2. The predicted octanol–water partition coefficient (Wildman–Crippen LogP) is 14.4. The van der Waals surface area contributed by atoms with Crippen molar-refractivity contribution < 1.29 is 18.9 Å². The molecule has 0 spiro atoms. The molecule has 0 unspecified atom stereocenters. The fourth-order valence-corrected chi connectivity index (χ4v) is 8.88. The van der Waals surface area contributed by atoms with Crippen molar-refractivity contribution in [3.8, 4) is 46.0 Å². The minimum absolute atomic E-state index is 0.512. The van der Waals surface area contributed by atoms with Crippen molar-refractivity contribution in [2.75, 3.05) is 9.80 Å². The third kappa shape index (κ3) is 5.47. The lowest BCUT2D eigenvalue weighted by atomic mass is 9.75. The van der Waals surface area contributed by atoms with Gasteiger partial charge in [0.15, 0.2) is 46.0 Å². The summed E-state index contributed by atoms with van der Waals surface area (Å²) in [5.41, 5.74) is 11.1. The molecule has 0 N–H and O–H groups in total. The molecule has 11 rings (SSSR count). The van der Waals surface area contributed by atoms with Crippen molar-refractivity contribution in [3.63, 3.8) is 0 Å². The van der Waals surface area contributed by atoms with Gasteiger partial charge >= 0.3 is 0 Å². The van der Waals surface area contributed by atoms with Crippen molar-refractivity contribution in [2.45, 2.75) is 38.5 Å². The summed E-state index contributed by atoms with van der Waals surface area (Å²) < 4.78 is 26.6. The molecule has 6 aromatic rings. The molecule has 0 amide bonds. The summed E-state index contributed by atoms with van der Waals surface area (Å²) in [5.74, 6) is 5.42. The molecule has 6 nitrogen and oxygen atoms in total. The van der Waals surface area contributed by atoms with E-state index in [9.17, 15) is 0 Å². The molecule has 0 saturated heterocycles. The second-order valence-corrected chi connectivity index (χ2v) is 15.7. The molecule has 0 fully saturated rings. The largest absolute Gasteiger partial charge is 0.450 e. The maximum atomic E-state index is 6.91. The van der Waals surface area contributed by atoms with Crippen molar-refractivity contribution in [1.29, 1.82) is 0 Å². The van der Waals surface area contributed by atoms with E-state index in [2.05, 4.69) is 139 Å². The maximum absolute atomic E-state index is 6.91. The van der Waals surface area contributed by atoms with Crippen molar-refractivity contribution >= 4 is 34.9 Å². The lowest BCUT2D eigenvalue weighted by Gasteiger charge is -2.36. The number of hydrogen-bond acceptors (Lipinski definition) is 6. The molecule has 0 aromatic heterocycles. The standard InChI is InChI=1S/C52H40N2O4/c1-33-15-14-16-35-29-38(54(36-17-6-4-7-18-36)37-19-8-5-9-20-37)26-28-42(35)53(33)43-31-41-39(50-51(43)58-47-24-13-12-23-46(47)57-50)27-25-34-30-48-49(32-40(34)52(41,2)3)56-45-22-11-10-21-44(45)55-48/h4-8,10-15,17-19,21-32H,1,9,16,20H2,2-3H3. The SMILES string of the molecule is C=C1C=CCc2cc(N(C3=CC=CCC3)c3ccccc3)ccc2N1c1cc2c(c3c1Oc1ccccc1O3)C=Cc1cc3c(cc1C2(C)C)Oc1ccccc1O3. The minimum Gasteiger partial charge on any atom is -0.450 e. The number of fused-ring (bicyclic) bond motifs is 8. The molecular formula is C52H40N2O4. The van der Waals surface area contributed by atoms with E-state index in [-0.39, 0.29) is 0 Å². The number of anilines is 4. The van der Waals surface area contributed by atoms with E-state index in [1.807, 2.05) is 48.5 Å². The number of benzene rings is 6. The average Bonchev–Trinajstić information content (AvgIpc) is 3.48. The third-order valence-electron chi connectivity index (χ3n) is 11.7. The Morgan fingerprint density at radius 3 is 2.02 bits per heavy atom. The van der Waals surface area contributed by atoms with Gasteiger partial charge in [0.25, 0.3) is 0 Å². The van der Waals surface area contributed by atoms with E-state index in [1.54, 1.807) is 0 Å². The van der Waals surface area contributed by atoms with Crippen LogP contribution in [0.15, 0.2) is 164 Å². The van der Waals surface area contributed by atoms with E-state index >= 15 is 0 Å². The van der Waals surface area contributed by atoms with Crippen LogP contribution in [0.5, 0.6) is 46.0 Å². The molecule has 5 aliphatic rings. The smallest absolute Gasteiger partial charge is 0.194 e. The summed E-state index contributed by atoms with van der Waals surface area (Å²) in [5, 5.41) is 0. The van der Waals surface area contributed by atoms with Crippen LogP contribution in [0.25, 0.3) is 12.2 Å². The maximum Gasteiger partial charge on any atom is 0.194 e. The van der Waals surface area contributed by atoms with E-state index in [4.69, 9.17) is 18.9 Å². The Hall–Kier alpha value is -7.18.